The van der Waals surface area contributed by atoms with E-state index in [1.807, 2.05) is 18.9 Å². The van der Waals surface area contributed by atoms with Crippen LogP contribution in [-0.4, -0.2) is 20.1 Å². The van der Waals surface area contributed by atoms with Gasteiger partial charge in [-0.1, -0.05) is 33.6 Å². The van der Waals surface area contributed by atoms with Crippen LogP contribution in [0.3, 0.4) is 0 Å². The van der Waals surface area contributed by atoms with Gasteiger partial charge >= 0.3 is 0 Å². The average Bonchev–Trinajstić information content (AvgIpc) is 2.42. The van der Waals surface area contributed by atoms with Gasteiger partial charge in [0, 0.05) is 20.1 Å². The van der Waals surface area contributed by atoms with E-state index in [4.69, 9.17) is 0 Å². The van der Waals surface area contributed by atoms with Crippen LogP contribution in [-0.2, 0) is 0 Å². The van der Waals surface area contributed by atoms with Crippen molar-refractivity contribution in [1.82, 2.24) is 0 Å². The highest BCUT2D eigenvalue weighted by Gasteiger charge is 2.23. The third kappa shape index (κ3) is 3.84. The molecule has 0 bridgehead atoms. The molecule has 1 aromatic carbocycles. The summed E-state index contributed by atoms with van der Waals surface area (Å²) in [7, 11) is 1.89. The number of nitrogens with one attached hydrogen (secondary N) is 1. The monoisotopic (exact) mass is 280 g/mol. The average molecular weight is 280 g/mol. The van der Waals surface area contributed by atoms with Crippen molar-refractivity contribution in [1.29, 1.82) is 0 Å². The second-order valence-electron chi connectivity index (χ2n) is 6.05. The molecule has 114 valence electrons. The van der Waals surface area contributed by atoms with Crippen molar-refractivity contribution in [2.24, 2.45) is 11.8 Å². The van der Waals surface area contributed by atoms with E-state index in [-0.39, 0.29) is 10.9 Å². The summed E-state index contributed by atoms with van der Waals surface area (Å²) in [6, 6.07) is 0. The van der Waals surface area contributed by atoms with Gasteiger partial charge < -0.3 is 10.2 Å². The molecule has 20 heavy (non-hydrogen) atoms. The first-order valence-electron chi connectivity index (χ1n) is 7.68. The van der Waals surface area contributed by atoms with E-state index in [0.29, 0.717) is 17.9 Å². The highest BCUT2D eigenvalue weighted by molar-refractivity contribution is 5.74. The Balaban J connectivity index is 2.44. The van der Waals surface area contributed by atoms with E-state index >= 15 is 0 Å². The van der Waals surface area contributed by atoms with Gasteiger partial charge in [-0.25, -0.2) is 0 Å². The fraction of sp³-hybridized carbons (Fsp3) is 0.750. The Bertz CT molecular complexity index is 487. The minimum Gasteiger partial charge on any atom is -0.380 e. The van der Waals surface area contributed by atoms with Crippen LogP contribution >= 0.6 is 0 Å². The Morgan fingerprint density at radius 2 is 1.75 bits per heavy atom. The molecule has 0 saturated carbocycles. The molecule has 4 nitrogen and oxygen atoms in total. The molecule has 0 amide bonds. The molecule has 0 aliphatic rings. The Labute approximate surface area is 121 Å². The van der Waals surface area contributed by atoms with Crippen molar-refractivity contribution in [2.45, 2.75) is 47.0 Å². The molecule has 1 unspecified atom stereocenters. The molecule has 0 aromatic heterocycles. The number of anilines is 2. The van der Waals surface area contributed by atoms with Crippen LogP contribution in [0.5, 0.6) is 0 Å². The molecule has 1 atom stereocenters. The van der Waals surface area contributed by atoms with E-state index in [9.17, 15) is 9.59 Å². The molecule has 1 rings (SSSR count). The first-order chi connectivity index (χ1) is 9.40. The summed E-state index contributed by atoms with van der Waals surface area (Å²) in [6.45, 7) is 10.2. The van der Waals surface area contributed by atoms with Crippen molar-refractivity contribution in [2.75, 3.05) is 30.4 Å². The van der Waals surface area contributed by atoms with Crippen LogP contribution in [0.1, 0.15) is 47.0 Å². The van der Waals surface area contributed by atoms with Gasteiger partial charge in [-0.05, 0) is 25.2 Å². The molecule has 0 heterocycles. The van der Waals surface area contributed by atoms with Crippen LogP contribution in [0.15, 0.2) is 9.59 Å². The van der Waals surface area contributed by atoms with E-state index in [1.165, 1.54) is 6.42 Å². The predicted octanol–water partition coefficient (Wildman–Crippen LogP) is 2.61. The summed E-state index contributed by atoms with van der Waals surface area (Å²) >= 11 is 0. The molecule has 0 radical (unpaired) electrons. The topological polar surface area (TPSA) is 49.4 Å². The van der Waals surface area contributed by atoms with E-state index in [0.717, 1.165) is 31.2 Å². The SMILES string of the molecule is CCNc1c(N(C)CCCCC(C)C(C)C)c(=O)c1=O. The normalized spacial score (nSPS) is 12.9. The standard InChI is InChI=1S/C16H28N2O2/c1-6-17-13-14(16(20)15(13)19)18(5)10-8-7-9-12(4)11(2)3/h11-12,17H,6-10H2,1-5H3. The van der Waals surface area contributed by atoms with E-state index in [1.54, 1.807) is 0 Å². The third-order valence-electron chi connectivity index (χ3n) is 4.16. The Kier molecular flexibility index (Phi) is 6.24. The number of hydrogen-bond donors (Lipinski definition) is 1. The van der Waals surface area contributed by atoms with Crippen LogP contribution in [0.4, 0.5) is 11.4 Å². The first-order valence-corrected chi connectivity index (χ1v) is 7.68. The number of rotatable bonds is 9. The van der Waals surface area contributed by atoms with Crippen molar-refractivity contribution in [3.05, 3.63) is 20.4 Å². The highest BCUT2D eigenvalue weighted by Crippen LogP contribution is 2.20. The molecular formula is C16H28N2O2. The van der Waals surface area contributed by atoms with Gasteiger partial charge in [-0.15, -0.1) is 0 Å². The van der Waals surface area contributed by atoms with E-state index in [2.05, 4.69) is 26.1 Å². The van der Waals surface area contributed by atoms with Gasteiger partial charge in [0.25, 0.3) is 10.9 Å². The molecule has 0 aliphatic heterocycles. The van der Waals surface area contributed by atoms with Crippen molar-refractivity contribution >= 4 is 11.4 Å². The Morgan fingerprint density at radius 3 is 2.30 bits per heavy atom. The zero-order chi connectivity index (χ0) is 15.3. The number of unbranched alkanes of at least 4 members (excludes halogenated alkanes) is 1. The quantitative estimate of drug-likeness (QED) is 0.558. The molecule has 0 aliphatic carbocycles. The lowest BCUT2D eigenvalue weighted by atomic mass is 9.92. The maximum Gasteiger partial charge on any atom is 0.253 e. The number of nitrogens with zero attached hydrogens (tertiary/aromatic N) is 1. The molecule has 1 N–H and O–H groups in total. The van der Waals surface area contributed by atoms with Gasteiger partial charge in [0.05, 0.1) is 0 Å². The summed E-state index contributed by atoms with van der Waals surface area (Å²) in [5, 5.41) is 2.98. The van der Waals surface area contributed by atoms with Crippen molar-refractivity contribution in [3.8, 4) is 0 Å². The molecule has 1 aromatic rings. The van der Waals surface area contributed by atoms with Gasteiger partial charge in [-0.2, -0.15) is 0 Å². The summed E-state index contributed by atoms with van der Waals surface area (Å²) in [5.41, 5.74) is 0.338. The zero-order valence-corrected chi connectivity index (χ0v) is 13.5. The number of hydrogen-bond acceptors (Lipinski definition) is 4. The van der Waals surface area contributed by atoms with Gasteiger partial charge in [0.15, 0.2) is 0 Å². The fourth-order valence-corrected chi connectivity index (χ4v) is 2.35. The van der Waals surface area contributed by atoms with Gasteiger partial charge in [0.1, 0.15) is 11.4 Å². The second-order valence-corrected chi connectivity index (χ2v) is 6.05. The first kappa shape index (κ1) is 16.7. The largest absolute Gasteiger partial charge is 0.380 e. The lowest BCUT2D eigenvalue weighted by Gasteiger charge is -2.23. The van der Waals surface area contributed by atoms with Crippen molar-refractivity contribution < 1.29 is 0 Å². The summed E-state index contributed by atoms with van der Waals surface area (Å²) in [4.78, 5) is 25.0. The van der Waals surface area contributed by atoms with Crippen molar-refractivity contribution in [3.63, 3.8) is 0 Å². The smallest absolute Gasteiger partial charge is 0.253 e. The van der Waals surface area contributed by atoms with Crippen LogP contribution in [0, 0.1) is 11.8 Å². The van der Waals surface area contributed by atoms with Crippen LogP contribution in [0.2, 0.25) is 0 Å². The van der Waals surface area contributed by atoms with Crippen LogP contribution in [0.25, 0.3) is 0 Å². The molecule has 0 spiro atoms. The molecular weight excluding hydrogens is 252 g/mol. The lowest BCUT2D eigenvalue weighted by Crippen LogP contribution is -2.41. The summed E-state index contributed by atoms with van der Waals surface area (Å²) < 4.78 is 0. The van der Waals surface area contributed by atoms with E-state index < -0.39 is 0 Å². The summed E-state index contributed by atoms with van der Waals surface area (Å²) in [6.07, 6.45) is 3.44. The minimum atomic E-state index is -0.373. The predicted molar refractivity (Wildman–Crippen MR) is 86.6 cm³/mol. The maximum atomic E-state index is 11.6. The minimum absolute atomic E-state index is 0.348. The Morgan fingerprint density at radius 1 is 1.10 bits per heavy atom. The Hall–Kier alpha value is -1.32. The fourth-order valence-electron chi connectivity index (χ4n) is 2.35. The lowest BCUT2D eigenvalue weighted by molar-refractivity contribution is 0.378. The molecule has 4 heteroatoms. The zero-order valence-electron chi connectivity index (χ0n) is 13.5. The third-order valence-corrected chi connectivity index (χ3v) is 4.16. The van der Waals surface area contributed by atoms with Gasteiger partial charge in [-0.3, -0.25) is 9.59 Å². The summed E-state index contributed by atoms with van der Waals surface area (Å²) in [5.74, 6) is 1.46. The maximum absolute atomic E-state index is 11.6. The van der Waals surface area contributed by atoms with Crippen LogP contribution < -0.4 is 21.1 Å². The highest BCUT2D eigenvalue weighted by atomic mass is 16.2. The van der Waals surface area contributed by atoms with Gasteiger partial charge in [0.2, 0.25) is 0 Å². The molecule has 0 saturated heterocycles. The molecule has 0 fully saturated rings. The second kappa shape index (κ2) is 7.46.